The number of amides is 2. The van der Waals surface area contributed by atoms with Gasteiger partial charge in [-0.05, 0) is 55.6 Å². The van der Waals surface area contributed by atoms with Gasteiger partial charge >= 0.3 is 0 Å². The van der Waals surface area contributed by atoms with E-state index in [-0.39, 0.29) is 23.3 Å². The van der Waals surface area contributed by atoms with E-state index in [0.29, 0.717) is 17.4 Å². The van der Waals surface area contributed by atoms with Gasteiger partial charge in [0.1, 0.15) is 0 Å². The summed E-state index contributed by atoms with van der Waals surface area (Å²) >= 11 is 0. The van der Waals surface area contributed by atoms with Gasteiger partial charge in [-0.25, -0.2) is 0 Å². The molecule has 3 aliphatic rings. The Hall–Kier alpha value is -1.91. The average molecular weight is 327 g/mol. The number of likely N-dealkylation sites (tertiary alicyclic amines) is 1. The van der Waals surface area contributed by atoms with Gasteiger partial charge in [-0.15, -0.1) is 0 Å². The van der Waals surface area contributed by atoms with Crippen LogP contribution in [0.25, 0.3) is 0 Å². The van der Waals surface area contributed by atoms with Crippen molar-refractivity contribution in [1.29, 1.82) is 0 Å². The first-order valence-corrected chi connectivity index (χ1v) is 9.04. The van der Waals surface area contributed by atoms with E-state index in [1.54, 1.807) is 24.5 Å². The Morgan fingerprint density at radius 3 is 2.62 bits per heavy atom. The lowest BCUT2D eigenvalue weighted by Gasteiger charge is -2.45. The fourth-order valence-corrected chi connectivity index (χ4v) is 4.68. The third-order valence-electron chi connectivity index (χ3n) is 6.11. The number of hydrogen-bond donors (Lipinski definition) is 1. The molecule has 0 radical (unpaired) electrons. The number of rotatable bonds is 3. The first-order valence-electron chi connectivity index (χ1n) is 9.04. The Morgan fingerprint density at radius 1 is 1.25 bits per heavy atom. The Morgan fingerprint density at radius 2 is 1.96 bits per heavy atom. The molecular formula is C19H25N3O2. The third-order valence-corrected chi connectivity index (χ3v) is 6.11. The number of carbonyl (C=O) groups excluding carboxylic acids is 2. The van der Waals surface area contributed by atoms with Gasteiger partial charge in [0.15, 0.2) is 0 Å². The van der Waals surface area contributed by atoms with Crippen molar-refractivity contribution in [3.05, 3.63) is 30.1 Å². The molecule has 1 saturated heterocycles. The van der Waals surface area contributed by atoms with E-state index >= 15 is 0 Å². The summed E-state index contributed by atoms with van der Waals surface area (Å²) in [6.07, 6.45) is 8.48. The minimum absolute atomic E-state index is 0.0216. The van der Waals surface area contributed by atoms with Crippen molar-refractivity contribution in [1.82, 2.24) is 15.2 Å². The molecule has 5 nitrogen and oxygen atoms in total. The Kier molecular flexibility index (Phi) is 3.82. The molecule has 4 rings (SSSR count). The summed E-state index contributed by atoms with van der Waals surface area (Å²) in [6, 6.07) is 3.71. The first kappa shape index (κ1) is 15.6. The normalized spacial score (nSPS) is 34.5. The molecule has 0 aromatic carbocycles. The monoisotopic (exact) mass is 327 g/mol. The second-order valence-corrected chi connectivity index (χ2v) is 8.10. The molecule has 1 N–H and O–H groups in total. The number of aromatic nitrogens is 1. The van der Waals surface area contributed by atoms with Crippen LogP contribution in [0.2, 0.25) is 0 Å². The second-order valence-electron chi connectivity index (χ2n) is 8.10. The lowest BCUT2D eigenvalue weighted by molar-refractivity contribution is -0.139. The molecule has 2 aliphatic carbocycles. The lowest BCUT2D eigenvalue weighted by atomic mass is 9.65. The van der Waals surface area contributed by atoms with Crippen molar-refractivity contribution in [3.63, 3.8) is 0 Å². The highest BCUT2D eigenvalue weighted by atomic mass is 16.2. The van der Waals surface area contributed by atoms with E-state index in [1.807, 2.05) is 0 Å². The molecule has 0 bridgehead atoms. The topological polar surface area (TPSA) is 62.3 Å². The highest BCUT2D eigenvalue weighted by molar-refractivity contribution is 5.94. The van der Waals surface area contributed by atoms with E-state index < -0.39 is 0 Å². The molecular weight excluding hydrogens is 302 g/mol. The number of pyridine rings is 1. The van der Waals surface area contributed by atoms with Crippen molar-refractivity contribution in [3.8, 4) is 0 Å². The van der Waals surface area contributed by atoms with Gasteiger partial charge in [0.05, 0.1) is 0 Å². The average Bonchev–Trinajstić information content (AvgIpc) is 2.97. The molecule has 1 aliphatic heterocycles. The van der Waals surface area contributed by atoms with E-state index in [0.717, 1.165) is 45.2 Å². The van der Waals surface area contributed by atoms with Crippen LogP contribution in [0, 0.1) is 17.3 Å². The zero-order valence-corrected chi connectivity index (χ0v) is 14.2. The minimum atomic E-state index is -0.0216. The van der Waals surface area contributed by atoms with Gasteiger partial charge < -0.3 is 10.2 Å². The van der Waals surface area contributed by atoms with Crippen LogP contribution in [-0.2, 0) is 4.79 Å². The summed E-state index contributed by atoms with van der Waals surface area (Å²) < 4.78 is 0. The van der Waals surface area contributed by atoms with Crippen LogP contribution in [0.4, 0.5) is 0 Å². The molecule has 1 spiro atoms. The predicted molar refractivity (Wildman–Crippen MR) is 90.2 cm³/mol. The summed E-state index contributed by atoms with van der Waals surface area (Å²) in [5.74, 6) is 1.34. The summed E-state index contributed by atoms with van der Waals surface area (Å²) in [5, 5.41) is 3.11. The smallest absolute Gasteiger partial charge is 0.251 e. The van der Waals surface area contributed by atoms with Crippen LogP contribution in [-0.4, -0.2) is 40.8 Å². The van der Waals surface area contributed by atoms with Crippen molar-refractivity contribution >= 4 is 11.8 Å². The largest absolute Gasteiger partial charge is 0.349 e. The maximum Gasteiger partial charge on any atom is 0.251 e. The van der Waals surface area contributed by atoms with E-state index in [1.165, 1.54) is 0 Å². The number of nitrogens with zero attached hydrogens (tertiary/aromatic N) is 2. The zero-order chi connectivity index (χ0) is 16.7. The van der Waals surface area contributed by atoms with Gasteiger partial charge in [0.25, 0.3) is 5.91 Å². The highest BCUT2D eigenvalue weighted by Gasteiger charge is 2.50. The Labute approximate surface area is 142 Å². The van der Waals surface area contributed by atoms with E-state index in [9.17, 15) is 9.59 Å². The van der Waals surface area contributed by atoms with Crippen molar-refractivity contribution < 1.29 is 9.59 Å². The fourth-order valence-electron chi connectivity index (χ4n) is 4.68. The lowest BCUT2D eigenvalue weighted by Crippen LogP contribution is -2.52. The molecule has 1 aromatic rings. The molecule has 0 atom stereocenters. The van der Waals surface area contributed by atoms with Crippen LogP contribution in [0.15, 0.2) is 24.5 Å². The third kappa shape index (κ3) is 2.80. The molecule has 2 heterocycles. The standard InChI is InChI=1S/C19H25N3O2/c1-13-8-15(9-13)18(24)22-7-4-19(12-22)10-16(11-19)21-17(23)14-2-5-20-6-3-14/h2-3,5-6,13,15-16H,4,7-12H2,1H3,(H,21,23). The van der Waals surface area contributed by atoms with Gasteiger partial charge in [-0.1, -0.05) is 6.92 Å². The first-order chi connectivity index (χ1) is 11.5. The highest BCUT2D eigenvalue weighted by Crippen LogP contribution is 2.49. The minimum Gasteiger partial charge on any atom is -0.349 e. The zero-order valence-electron chi connectivity index (χ0n) is 14.2. The summed E-state index contributed by atoms with van der Waals surface area (Å²) in [4.78, 5) is 30.7. The van der Waals surface area contributed by atoms with Crippen LogP contribution in [0.5, 0.6) is 0 Å². The molecule has 2 saturated carbocycles. The Balaban J connectivity index is 1.27. The van der Waals surface area contributed by atoms with Gasteiger partial charge in [0, 0.05) is 43.0 Å². The van der Waals surface area contributed by atoms with Gasteiger partial charge in [0.2, 0.25) is 5.91 Å². The molecule has 24 heavy (non-hydrogen) atoms. The summed E-state index contributed by atoms with van der Waals surface area (Å²) in [7, 11) is 0. The van der Waals surface area contributed by atoms with Crippen molar-refractivity contribution in [2.75, 3.05) is 13.1 Å². The SMILES string of the molecule is CC1CC(C(=O)N2CCC3(CC(NC(=O)c4ccncc4)C3)C2)C1. The van der Waals surface area contributed by atoms with Gasteiger partial charge in [-0.3, -0.25) is 14.6 Å². The fraction of sp³-hybridized carbons (Fsp3) is 0.632. The maximum absolute atomic E-state index is 12.5. The molecule has 0 unspecified atom stereocenters. The Bertz CT molecular complexity index is 633. The van der Waals surface area contributed by atoms with E-state index in [2.05, 4.69) is 22.1 Å². The number of carbonyl (C=O) groups is 2. The molecule has 128 valence electrons. The number of hydrogen-bond acceptors (Lipinski definition) is 3. The summed E-state index contributed by atoms with van der Waals surface area (Å²) in [6.45, 7) is 4.00. The maximum atomic E-state index is 12.5. The van der Waals surface area contributed by atoms with Crippen molar-refractivity contribution in [2.24, 2.45) is 17.3 Å². The van der Waals surface area contributed by atoms with Gasteiger partial charge in [-0.2, -0.15) is 0 Å². The second kappa shape index (κ2) is 5.87. The van der Waals surface area contributed by atoms with E-state index in [4.69, 9.17) is 0 Å². The van der Waals surface area contributed by atoms with Crippen LogP contribution >= 0.6 is 0 Å². The molecule has 1 aromatic heterocycles. The quantitative estimate of drug-likeness (QED) is 0.926. The number of nitrogens with one attached hydrogen (secondary N) is 1. The van der Waals surface area contributed by atoms with Crippen LogP contribution in [0.3, 0.4) is 0 Å². The van der Waals surface area contributed by atoms with Crippen LogP contribution < -0.4 is 5.32 Å². The molecule has 5 heteroatoms. The van der Waals surface area contributed by atoms with Crippen LogP contribution in [0.1, 0.15) is 49.4 Å². The molecule has 2 amide bonds. The predicted octanol–water partition coefficient (Wildman–Crippen LogP) is 2.24. The van der Waals surface area contributed by atoms with Crippen molar-refractivity contribution in [2.45, 2.75) is 45.1 Å². The molecule has 3 fully saturated rings. The summed E-state index contributed by atoms with van der Waals surface area (Å²) in [5.41, 5.74) is 0.912.